The Hall–Kier alpha value is -5.08. The monoisotopic (exact) mass is 566 g/mol. The zero-order valence-corrected chi connectivity index (χ0v) is 25.4. The van der Waals surface area contributed by atoms with Gasteiger partial charge in [0.15, 0.2) is 0 Å². The number of hydrogen-bond donors (Lipinski definition) is 0. The molecule has 212 valence electrons. The average molecular weight is 567 g/mol. The number of hydrogen-bond acceptors (Lipinski definition) is 0. The van der Waals surface area contributed by atoms with Gasteiger partial charge in [-0.25, -0.2) is 0 Å². The Balaban J connectivity index is 1.20. The van der Waals surface area contributed by atoms with Gasteiger partial charge in [0.05, 0.1) is 22.1 Å². The summed E-state index contributed by atoms with van der Waals surface area (Å²) in [5, 5.41) is 5.19. The van der Waals surface area contributed by atoms with E-state index >= 15 is 0 Å². The van der Waals surface area contributed by atoms with E-state index in [0.29, 0.717) is 0 Å². The second-order valence-corrected chi connectivity index (χ2v) is 13.4. The number of nitrogens with zero attached hydrogens (tertiary/aromatic N) is 2. The summed E-state index contributed by atoms with van der Waals surface area (Å²) in [5.41, 5.74) is 11.7. The van der Waals surface area contributed by atoms with E-state index in [1.54, 1.807) is 0 Å². The van der Waals surface area contributed by atoms with Gasteiger partial charge >= 0.3 is 0 Å². The summed E-state index contributed by atoms with van der Waals surface area (Å²) in [7, 11) is 0. The first-order chi connectivity index (χ1) is 21.4. The Morgan fingerprint density at radius 2 is 0.841 bits per heavy atom. The highest BCUT2D eigenvalue weighted by atomic mass is 15.0. The molecule has 44 heavy (non-hydrogen) atoms. The molecule has 0 N–H and O–H groups in total. The molecule has 6 aromatic carbocycles. The van der Waals surface area contributed by atoms with Gasteiger partial charge in [-0.05, 0) is 77.1 Å². The van der Waals surface area contributed by atoms with Crippen LogP contribution in [0.2, 0.25) is 0 Å². The molecule has 2 aromatic heterocycles. The maximum atomic E-state index is 2.48. The molecule has 1 aliphatic rings. The highest BCUT2D eigenvalue weighted by Gasteiger charge is 2.46. The van der Waals surface area contributed by atoms with Crippen LogP contribution in [0.1, 0.15) is 43.9 Å². The molecule has 2 heteroatoms. The van der Waals surface area contributed by atoms with Crippen molar-refractivity contribution < 1.29 is 0 Å². The number of fused-ring (bicyclic) bond motifs is 7. The highest BCUT2D eigenvalue weighted by molar-refractivity contribution is 6.10. The Bertz CT molecular complexity index is 2290. The van der Waals surface area contributed by atoms with Crippen LogP contribution in [0.25, 0.3) is 55.0 Å². The molecule has 1 unspecified atom stereocenters. The maximum Gasteiger partial charge on any atom is 0.0541 e. The standard InChI is InChI=1S/C42H34N2/c1-41(2)27-42(3,28-20-22-29(23-21-28)43-37-16-8-4-12-31(37)32-13-5-9-17-38(32)43)36-26-30(24-25-35(36)41)44-39-18-10-6-14-33(39)34-15-7-11-19-40(34)44/h4-26H,27H2,1-3H3. The van der Waals surface area contributed by atoms with Crippen molar-refractivity contribution in [3.63, 3.8) is 0 Å². The van der Waals surface area contributed by atoms with E-state index in [2.05, 4.69) is 169 Å². The molecule has 0 fully saturated rings. The predicted molar refractivity (Wildman–Crippen MR) is 186 cm³/mol. The molecular formula is C42H34N2. The summed E-state index contributed by atoms with van der Waals surface area (Å²) in [6, 6.07) is 51.6. The van der Waals surface area contributed by atoms with Gasteiger partial charge in [-0.15, -0.1) is 0 Å². The molecule has 8 aromatic rings. The van der Waals surface area contributed by atoms with E-state index in [4.69, 9.17) is 0 Å². The zero-order chi connectivity index (χ0) is 29.6. The van der Waals surface area contributed by atoms with Crippen molar-refractivity contribution in [2.75, 3.05) is 0 Å². The fourth-order valence-corrected chi connectivity index (χ4v) is 8.43. The summed E-state index contributed by atoms with van der Waals surface area (Å²) in [6.45, 7) is 7.26. The SMILES string of the molecule is CC1(C)CC(C)(c2ccc(-n3c4ccccc4c4ccccc43)cc2)c2cc(-n3c4ccccc4c4ccccc43)ccc21. The lowest BCUT2D eigenvalue weighted by atomic mass is 9.75. The fraction of sp³-hybridized carbons (Fsp3) is 0.143. The van der Waals surface area contributed by atoms with E-state index in [0.717, 1.165) is 6.42 Å². The Kier molecular flexibility index (Phi) is 5.18. The van der Waals surface area contributed by atoms with Crippen LogP contribution in [0.5, 0.6) is 0 Å². The van der Waals surface area contributed by atoms with Crippen molar-refractivity contribution in [2.45, 2.75) is 38.0 Å². The third-order valence-electron chi connectivity index (χ3n) is 10.3. The number of aromatic nitrogens is 2. The highest BCUT2D eigenvalue weighted by Crippen LogP contribution is 2.53. The van der Waals surface area contributed by atoms with E-state index in [1.807, 2.05) is 0 Å². The Labute approximate surface area is 257 Å². The van der Waals surface area contributed by atoms with E-state index in [1.165, 1.54) is 71.7 Å². The lowest BCUT2D eigenvalue weighted by Crippen LogP contribution is -2.23. The van der Waals surface area contributed by atoms with E-state index < -0.39 is 0 Å². The minimum atomic E-state index is -0.104. The summed E-state index contributed by atoms with van der Waals surface area (Å²) < 4.78 is 4.85. The molecule has 0 amide bonds. The molecule has 0 radical (unpaired) electrons. The van der Waals surface area contributed by atoms with Crippen LogP contribution < -0.4 is 0 Å². The van der Waals surface area contributed by atoms with Crippen LogP contribution in [-0.4, -0.2) is 9.13 Å². The van der Waals surface area contributed by atoms with Crippen molar-refractivity contribution in [2.24, 2.45) is 0 Å². The van der Waals surface area contributed by atoms with Gasteiger partial charge in [0.1, 0.15) is 0 Å². The smallest absolute Gasteiger partial charge is 0.0541 e. The van der Waals surface area contributed by atoms with Gasteiger partial charge in [0, 0.05) is 38.3 Å². The van der Waals surface area contributed by atoms with Gasteiger partial charge in [-0.1, -0.05) is 112 Å². The predicted octanol–water partition coefficient (Wildman–Crippen LogP) is 10.9. The quantitative estimate of drug-likeness (QED) is 0.201. The van der Waals surface area contributed by atoms with Crippen LogP contribution >= 0.6 is 0 Å². The van der Waals surface area contributed by atoms with Gasteiger partial charge in [0.2, 0.25) is 0 Å². The first kappa shape index (κ1) is 25.4. The summed E-state index contributed by atoms with van der Waals surface area (Å²) in [6.07, 6.45) is 1.07. The molecular weight excluding hydrogens is 532 g/mol. The molecule has 0 bridgehead atoms. The van der Waals surface area contributed by atoms with Crippen LogP contribution in [0.4, 0.5) is 0 Å². The molecule has 2 nitrogen and oxygen atoms in total. The van der Waals surface area contributed by atoms with Crippen LogP contribution in [0.15, 0.2) is 140 Å². The van der Waals surface area contributed by atoms with E-state index in [9.17, 15) is 0 Å². The van der Waals surface area contributed by atoms with Crippen molar-refractivity contribution in [1.82, 2.24) is 9.13 Å². The lowest BCUT2D eigenvalue weighted by Gasteiger charge is -2.29. The van der Waals surface area contributed by atoms with Crippen molar-refractivity contribution in [3.05, 3.63) is 156 Å². The Morgan fingerprint density at radius 1 is 0.432 bits per heavy atom. The fourth-order valence-electron chi connectivity index (χ4n) is 8.43. The lowest BCUT2D eigenvalue weighted by molar-refractivity contribution is 0.425. The Morgan fingerprint density at radius 3 is 1.32 bits per heavy atom. The topological polar surface area (TPSA) is 9.86 Å². The molecule has 0 spiro atoms. The van der Waals surface area contributed by atoms with Crippen molar-refractivity contribution >= 4 is 43.6 Å². The number of rotatable bonds is 3. The maximum absolute atomic E-state index is 2.48. The number of para-hydroxylation sites is 4. The number of benzene rings is 6. The molecule has 0 aliphatic heterocycles. The van der Waals surface area contributed by atoms with Crippen LogP contribution in [0, 0.1) is 0 Å². The molecule has 1 atom stereocenters. The van der Waals surface area contributed by atoms with E-state index in [-0.39, 0.29) is 10.8 Å². The normalized spacial score (nSPS) is 17.6. The van der Waals surface area contributed by atoms with Gasteiger partial charge in [0.25, 0.3) is 0 Å². The van der Waals surface area contributed by atoms with Crippen LogP contribution in [-0.2, 0) is 10.8 Å². The first-order valence-corrected chi connectivity index (χ1v) is 15.7. The third-order valence-corrected chi connectivity index (χ3v) is 10.3. The molecule has 0 saturated heterocycles. The molecule has 2 heterocycles. The van der Waals surface area contributed by atoms with Crippen LogP contribution in [0.3, 0.4) is 0 Å². The van der Waals surface area contributed by atoms with Gasteiger partial charge in [-0.3, -0.25) is 0 Å². The zero-order valence-electron chi connectivity index (χ0n) is 25.4. The average Bonchev–Trinajstić information content (AvgIpc) is 3.64. The van der Waals surface area contributed by atoms with Gasteiger partial charge < -0.3 is 9.13 Å². The summed E-state index contributed by atoms with van der Waals surface area (Å²) in [4.78, 5) is 0. The summed E-state index contributed by atoms with van der Waals surface area (Å²) in [5.74, 6) is 0. The summed E-state index contributed by atoms with van der Waals surface area (Å²) >= 11 is 0. The minimum Gasteiger partial charge on any atom is -0.309 e. The molecule has 0 saturated carbocycles. The largest absolute Gasteiger partial charge is 0.309 e. The second-order valence-electron chi connectivity index (χ2n) is 13.4. The van der Waals surface area contributed by atoms with Gasteiger partial charge in [-0.2, -0.15) is 0 Å². The second kappa shape index (κ2) is 8.97. The molecule has 9 rings (SSSR count). The first-order valence-electron chi connectivity index (χ1n) is 15.7. The molecule has 1 aliphatic carbocycles. The van der Waals surface area contributed by atoms with Crippen molar-refractivity contribution in [1.29, 1.82) is 0 Å². The third kappa shape index (κ3) is 3.43. The minimum absolute atomic E-state index is 0.0783. The van der Waals surface area contributed by atoms with Crippen molar-refractivity contribution in [3.8, 4) is 11.4 Å².